The molecule has 0 radical (unpaired) electrons. The maximum Gasteiger partial charge on any atom is 0.309 e. The quantitative estimate of drug-likeness (QED) is 0.524. The summed E-state index contributed by atoms with van der Waals surface area (Å²) in [6, 6.07) is 0. The lowest BCUT2D eigenvalue weighted by atomic mass is 9.95. The van der Waals surface area contributed by atoms with Crippen LogP contribution < -0.4 is 5.11 Å². The molecule has 0 aromatic rings. The van der Waals surface area contributed by atoms with Gasteiger partial charge in [0.1, 0.15) is 5.60 Å². The van der Waals surface area contributed by atoms with Crippen LogP contribution in [0.15, 0.2) is 0 Å². The summed E-state index contributed by atoms with van der Waals surface area (Å²) in [4.78, 5) is 21.2. The molecule has 0 aromatic heterocycles. The van der Waals surface area contributed by atoms with Crippen LogP contribution in [0, 0.1) is 5.92 Å². The lowest BCUT2D eigenvalue weighted by molar-refractivity contribution is -0.306. The summed E-state index contributed by atoms with van der Waals surface area (Å²) in [5.74, 6) is -2.15. The zero-order valence-corrected chi connectivity index (χ0v) is 7.12. The standard InChI is InChI=1S/C8H12O4/c1-8(2)4-5(3-6(9)10)7(11)12-8/h5H,3-4H2,1-2H3,(H,9,10)/p-1/t5-/m1/s1. The fraction of sp³-hybridized carbons (Fsp3) is 0.750. The Balaban J connectivity index is 2.58. The number of rotatable bonds is 2. The Labute approximate surface area is 70.5 Å². The number of hydrogen-bond donors (Lipinski definition) is 0. The van der Waals surface area contributed by atoms with Crippen LogP contribution in [0.2, 0.25) is 0 Å². The van der Waals surface area contributed by atoms with Crippen LogP contribution in [0.5, 0.6) is 0 Å². The molecule has 0 aromatic carbocycles. The fourth-order valence-electron chi connectivity index (χ4n) is 1.43. The molecule has 1 saturated heterocycles. The summed E-state index contributed by atoms with van der Waals surface area (Å²) in [7, 11) is 0. The number of carbonyl (C=O) groups excluding carboxylic acids is 2. The Morgan fingerprint density at radius 1 is 1.75 bits per heavy atom. The number of aliphatic carboxylic acids is 1. The molecular weight excluding hydrogens is 160 g/mol. The summed E-state index contributed by atoms with van der Waals surface area (Å²) < 4.78 is 4.93. The van der Waals surface area contributed by atoms with Crippen LogP contribution in [0.1, 0.15) is 26.7 Å². The van der Waals surface area contributed by atoms with Crippen LogP contribution in [0.4, 0.5) is 0 Å². The van der Waals surface area contributed by atoms with Gasteiger partial charge in [-0.3, -0.25) is 4.79 Å². The van der Waals surface area contributed by atoms with E-state index in [4.69, 9.17) is 4.74 Å². The lowest BCUT2D eigenvalue weighted by Gasteiger charge is -2.14. The van der Waals surface area contributed by atoms with Gasteiger partial charge in [0.05, 0.1) is 5.92 Å². The fourth-order valence-corrected chi connectivity index (χ4v) is 1.43. The third-order valence-corrected chi connectivity index (χ3v) is 1.86. The van der Waals surface area contributed by atoms with Crippen molar-refractivity contribution < 1.29 is 19.4 Å². The average molecular weight is 171 g/mol. The van der Waals surface area contributed by atoms with E-state index in [1.165, 1.54) is 0 Å². The molecule has 12 heavy (non-hydrogen) atoms. The van der Waals surface area contributed by atoms with E-state index in [1.54, 1.807) is 13.8 Å². The van der Waals surface area contributed by atoms with Gasteiger partial charge < -0.3 is 14.6 Å². The highest BCUT2D eigenvalue weighted by Gasteiger charge is 2.39. The molecule has 68 valence electrons. The van der Waals surface area contributed by atoms with Crippen LogP contribution in [-0.2, 0) is 14.3 Å². The van der Waals surface area contributed by atoms with E-state index in [0.29, 0.717) is 6.42 Å². The van der Waals surface area contributed by atoms with Gasteiger partial charge in [0, 0.05) is 18.8 Å². The molecule has 1 aliphatic rings. The van der Waals surface area contributed by atoms with Crippen molar-refractivity contribution in [2.24, 2.45) is 5.92 Å². The summed E-state index contributed by atoms with van der Waals surface area (Å²) >= 11 is 0. The molecule has 0 bridgehead atoms. The first-order valence-corrected chi connectivity index (χ1v) is 3.83. The number of hydrogen-bond acceptors (Lipinski definition) is 4. The van der Waals surface area contributed by atoms with Crippen molar-refractivity contribution in [1.29, 1.82) is 0 Å². The molecule has 0 unspecified atom stereocenters. The molecule has 1 atom stereocenters. The van der Waals surface area contributed by atoms with Crippen molar-refractivity contribution in [3.05, 3.63) is 0 Å². The Morgan fingerprint density at radius 2 is 2.33 bits per heavy atom. The predicted octanol–water partition coefficient (Wildman–Crippen LogP) is -0.532. The van der Waals surface area contributed by atoms with Gasteiger partial charge in [0.2, 0.25) is 0 Å². The zero-order chi connectivity index (χ0) is 9.35. The van der Waals surface area contributed by atoms with E-state index in [-0.39, 0.29) is 6.42 Å². The highest BCUT2D eigenvalue weighted by Crippen LogP contribution is 2.31. The second-order valence-electron chi connectivity index (χ2n) is 3.66. The second-order valence-corrected chi connectivity index (χ2v) is 3.66. The molecule has 0 amide bonds. The molecule has 4 heteroatoms. The minimum absolute atomic E-state index is 0.234. The molecule has 0 saturated carbocycles. The lowest BCUT2D eigenvalue weighted by Crippen LogP contribution is -2.26. The van der Waals surface area contributed by atoms with Crippen molar-refractivity contribution in [3.63, 3.8) is 0 Å². The van der Waals surface area contributed by atoms with Gasteiger partial charge in [-0.15, -0.1) is 0 Å². The Bertz CT molecular complexity index is 219. The first kappa shape index (κ1) is 9.03. The third-order valence-electron chi connectivity index (χ3n) is 1.86. The number of ether oxygens (including phenoxy) is 1. The molecular formula is C8H11O4-. The zero-order valence-electron chi connectivity index (χ0n) is 7.12. The topological polar surface area (TPSA) is 66.4 Å². The summed E-state index contributed by atoms with van der Waals surface area (Å²) in [6.45, 7) is 3.53. The van der Waals surface area contributed by atoms with Gasteiger partial charge in [0.25, 0.3) is 0 Å². The Hall–Kier alpha value is -1.06. The van der Waals surface area contributed by atoms with Gasteiger partial charge in [-0.2, -0.15) is 0 Å². The highest BCUT2D eigenvalue weighted by molar-refractivity contribution is 5.80. The Kier molecular flexibility index (Phi) is 2.08. The van der Waals surface area contributed by atoms with Crippen molar-refractivity contribution in [3.8, 4) is 0 Å². The van der Waals surface area contributed by atoms with Crippen molar-refractivity contribution in [2.45, 2.75) is 32.3 Å². The van der Waals surface area contributed by atoms with E-state index in [0.717, 1.165) is 0 Å². The average Bonchev–Trinajstić information content (AvgIpc) is 2.03. The first-order chi connectivity index (χ1) is 5.41. The molecule has 0 aliphatic carbocycles. The normalized spacial score (nSPS) is 26.8. The van der Waals surface area contributed by atoms with Gasteiger partial charge >= 0.3 is 5.97 Å². The van der Waals surface area contributed by atoms with Crippen LogP contribution >= 0.6 is 0 Å². The summed E-state index contributed by atoms with van der Waals surface area (Å²) in [5, 5.41) is 10.2. The molecule has 1 heterocycles. The van der Waals surface area contributed by atoms with Crippen LogP contribution in [-0.4, -0.2) is 17.5 Å². The van der Waals surface area contributed by atoms with Crippen LogP contribution in [0.3, 0.4) is 0 Å². The van der Waals surface area contributed by atoms with Gasteiger partial charge in [-0.1, -0.05) is 0 Å². The maximum absolute atomic E-state index is 11.0. The number of cyclic esters (lactones) is 1. The highest BCUT2D eigenvalue weighted by atomic mass is 16.6. The molecule has 4 nitrogen and oxygen atoms in total. The largest absolute Gasteiger partial charge is 0.550 e. The summed E-state index contributed by atoms with van der Waals surface area (Å²) in [6.07, 6.45) is 0.224. The predicted molar refractivity (Wildman–Crippen MR) is 37.9 cm³/mol. The smallest absolute Gasteiger partial charge is 0.309 e. The molecule has 0 N–H and O–H groups in total. The summed E-state index contributed by atoms with van der Waals surface area (Å²) in [5.41, 5.74) is -0.517. The Morgan fingerprint density at radius 3 is 2.67 bits per heavy atom. The van der Waals surface area contributed by atoms with Gasteiger partial charge in [-0.25, -0.2) is 0 Å². The van der Waals surface area contributed by atoms with E-state index in [9.17, 15) is 14.7 Å². The SMILES string of the molecule is CC1(C)C[C@@H](CC(=O)[O-])C(=O)O1. The number of carboxylic acids is 1. The second kappa shape index (κ2) is 2.77. The van der Waals surface area contributed by atoms with Crippen molar-refractivity contribution >= 4 is 11.9 Å². The molecule has 0 spiro atoms. The molecule has 1 rings (SSSR count). The third kappa shape index (κ3) is 1.96. The number of esters is 1. The van der Waals surface area contributed by atoms with E-state index < -0.39 is 23.5 Å². The van der Waals surface area contributed by atoms with E-state index in [2.05, 4.69) is 0 Å². The maximum atomic E-state index is 11.0. The van der Waals surface area contributed by atoms with Gasteiger partial charge in [-0.05, 0) is 13.8 Å². The molecule has 1 aliphatic heterocycles. The van der Waals surface area contributed by atoms with E-state index >= 15 is 0 Å². The first-order valence-electron chi connectivity index (χ1n) is 3.83. The van der Waals surface area contributed by atoms with E-state index in [1.807, 2.05) is 0 Å². The minimum Gasteiger partial charge on any atom is -0.550 e. The van der Waals surface area contributed by atoms with Crippen LogP contribution in [0.25, 0.3) is 0 Å². The number of carboxylic acid groups (broad SMARTS) is 1. The van der Waals surface area contributed by atoms with Gasteiger partial charge in [0.15, 0.2) is 0 Å². The van der Waals surface area contributed by atoms with Crippen molar-refractivity contribution in [2.75, 3.05) is 0 Å². The molecule has 1 fully saturated rings. The number of carbonyl (C=O) groups is 2. The minimum atomic E-state index is -1.20. The van der Waals surface area contributed by atoms with Crippen molar-refractivity contribution in [1.82, 2.24) is 0 Å². The monoisotopic (exact) mass is 171 g/mol.